The molecule has 0 aliphatic rings. The quantitative estimate of drug-likeness (QED) is 0.398. The Labute approximate surface area is 192 Å². The van der Waals surface area contributed by atoms with Crippen LogP contribution in [0, 0.1) is 0 Å². The lowest BCUT2D eigenvalue weighted by Gasteiger charge is -2.09. The summed E-state index contributed by atoms with van der Waals surface area (Å²) in [4.78, 5) is 29.5. The molecule has 0 radical (unpaired) electrons. The zero-order chi connectivity index (χ0) is 23.0. The normalized spacial score (nSPS) is 10.7. The number of aldehydes is 1. The maximum Gasteiger partial charge on any atom is 0.251 e. The second-order valence-corrected chi connectivity index (χ2v) is 7.38. The van der Waals surface area contributed by atoms with Crippen molar-refractivity contribution in [3.05, 3.63) is 95.8 Å². The van der Waals surface area contributed by atoms with Crippen molar-refractivity contribution in [2.75, 3.05) is 13.7 Å². The van der Waals surface area contributed by atoms with E-state index in [0.29, 0.717) is 41.0 Å². The minimum atomic E-state index is -0.235. The van der Waals surface area contributed by atoms with Crippen LogP contribution in [-0.4, -0.2) is 40.6 Å². The third-order valence-electron chi connectivity index (χ3n) is 5.23. The van der Waals surface area contributed by atoms with Crippen molar-refractivity contribution < 1.29 is 14.3 Å². The van der Waals surface area contributed by atoms with Crippen molar-refractivity contribution >= 4 is 12.2 Å². The van der Waals surface area contributed by atoms with Crippen LogP contribution in [0.5, 0.6) is 0 Å². The number of aromatic nitrogens is 3. The molecule has 7 heteroatoms. The molecule has 2 aromatic heterocycles. The van der Waals surface area contributed by atoms with E-state index in [1.807, 2.05) is 54.6 Å². The van der Waals surface area contributed by atoms with Crippen LogP contribution in [0.25, 0.3) is 22.5 Å². The molecule has 0 bridgehead atoms. The van der Waals surface area contributed by atoms with Crippen molar-refractivity contribution in [2.24, 2.45) is 0 Å². The summed E-state index contributed by atoms with van der Waals surface area (Å²) in [6.07, 6.45) is 3.13. The molecule has 33 heavy (non-hydrogen) atoms. The molecule has 0 fully saturated rings. The lowest BCUT2D eigenvalue weighted by Crippen LogP contribution is -2.26. The first-order valence-corrected chi connectivity index (χ1v) is 10.6. The highest BCUT2D eigenvalue weighted by Gasteiger charge is 2.23. The van der Waals surface area contributed by atoms with Gasteiger partial charge in [-0.1, -0.05) is 54.6 Å². The van der Waals surface area contributed by atoms with Crippen LogP contribution in [0.2, 0.25) is 0 Å². The maximum absolute atomic E-state index is 13.0. The minimum absolute atomic E-state index is 0.170. The number of hydrogen-bond donors (Lipinski definition) is 1. The van der Waals surface area contributed by atoms with Crippen LogP contribution in [0.15, 0.2) is 79.0 Å². The fourth-order valence-corrected chi connectivity index (χ4v) is 3.74. The summed E-state index contributed by atoms with van der Waals surface area (Å²) in [7, 11) is 1.57. The molecule has 1 N–H and O–H groups in total. The molecule has 2 heterocycles. The zero-order valence-electron chi connectivity index (χ0n) is 18.3. The molecule has 0 aliphatic carbocycles. The van der Waals surface area contributed by atoms with Gasteiger partial charge in [0.05, 0.1) is 11.3 Å². The monoisotopic (exact) mass is 440 g/mol. The summed E-state index contributed by atoms with van der Waals surface area (Å²) in [6, 6.07) is 22.4. The number of nitrogens with one attached hydrogen (secondary N) is 1. The lowest BCUT2D eigenvalue weighted by atomic mass is 9.98. The Balaban J connectivity index is 1.68. The van der Waals surface area contributed by atoms with E-state index >= 15 is 0 Å². The number of hydrogen-bond acceptors (Lipinski definition) is 5. The van der Waals surface area contributed by atoms with Gasteiger partial charge >= 0.3 is 0 Å². The smallest absolute Gasteiger partial charge is 0.251 e. The Hall–Kier alpha value is -4.10. The number of nitrogens with zero attached hydrogens (tertiary/aromatic N) is 3. The number of rotatable bonds is 9. The summed E-state index contributed by atoms with van der Waals surface area (Å²) in [5, 5.41) is 7.61. The molecule has 0 spiro atoms. The Kier molecular flexibility index (Phi) is 7.02. The fraction of sp³-hybridized carbons (Fsp3) is 0.154. The molecule has 4 rings (SSSR count). The molecular weight excluding hydrogens is 416 g/mol. The van der Waals surface area contributed by atoms with E-state index in [4.69, 9.17) is 4.74 Å². The van der Waals surface area contributed by atoms with Crippen molar-refractivity contribution in [3.8, 4) is 22.5 Å². The lowest BCUT2D eigenvalue weighted by molar-refractivity contribution is 0.0954. The van der Waals surface area contributed by atoms with E-state index in [1.54, 1.807) is 36.2 Å². The van der Waals surface area contributed by atoms with Gasteiger partial charge in [-0.3, -0.25) is 14.6 Å². The molecule has 7 nitrogen and oxygen atoms in total. The van der Waals surface area contributed by atoms with E-state index in [0.717, 1.165) is 17.5 Å². The molecule has 0 atom stereocenters. The molecule has 0 unspecified atom stereocenters. The largest absolute Gasteiger partial charge is 0.362 e. The third kappa shape index (κ3) is 4.88. The highest BCUT2D eigenvalue weighted by Crippen LogP contribution is 2.33. The van der Waals surface area contributed by atoms with Crippen molar-refractivity contribution in [3.63, 3.8) is 0 Å². The van der Waals surface area contributed by atoms with Crippen LogP contribution < -0.4 is 5.32 Å². The predicted molar refractivity (Wildman–Crippen MR) is 126 cm³/mol. The molecule has 1 amide bonds. The molecule has 0 saturated carbocycles. The predicted octanol–water partition coefficient (Wildman–Crippen LogP) is 4.00. The van der Waals surface area contributed by atoms with Crippen molar-refractivity contribution in [1.82, 2.24) is 20.1 Å². The number of benzene rings is 2. The first-order chi connectivity index (χ1) is 16.2. The molecule has 0 saturated heterocycles. The number of methoxy groups -OCH3 is 1. The topological polar surface area (TPSA) is 86.1 Å². The van der Waals surface area contributed by atoms with Gasteiger partial charge in [0, 0.05) is 48.7 Å². The van der Waals surface area contributed by atoms with Crippen LogP contribution in [0.3, 0.4) is 0 Å². The van der Waals surface area contributed by atoms with E-state index < -0.39 is 0 Å². The number of amides is 1. The zero-order valence-corrected chi connectivity index (χ0v) is 18.3. The second-order valence-electron chi connectivity index (χ2n) is 7.38. The number of carbonyl (C=O) groups excluding carboxylic acids is 2. The minimum Gasteiger partial charge on any atom is -0.362 e. The van der Waals surface area contributed by atoms with Gasteiger partial charge < -0.3 is 10.1 Å². The number of carbonyl (C=O) groups is 2. The average Bonchev–Trinajstić information content (AvgIpc) is 3.23. The number of pyridine rings is 1. The van der Waals surface area contributed by atoms with Gasteiger partial charge in [0.15, 0.2) is 6.29 Å². The fourth-order valence-electron chi connectivity index (χ4n) is 3.74. The van der Waals surface area contributed by atoms with E-state index in [1.165, 1.54) is 0 Å². The van der Waals surface area contributed by atoms with Crippen LogP contribution in [-0.2, 0) is 17.9 Å². The second kappa shape index (κ2) is 10.5. The summed E-state index contributed by atoms with van der Waals surface area (Å²) in [5.41, 5.74) is 4.27. The molecule has 166 valence electrons. The third-order valence-corrected chi connectivity index (χ3v) is 5.23. The van der Waals surface area contributed by atoms with E-state index in [9.17, 15) is 9.59 Å². The standard InChI is InChI=1S/C26H24N4O3/c1-33-18-30-25(19-9-3-2-4-10-19)23(17-31)24(29-30)21-12-5-6-13-22(21)26(32)28-16-14-20-11-7-8-15-27-20/h2-13,15,17H,14,16,18H2,1H3,(H,28,32). The van der Waals surface area contributed by atoms with Gasteiger partial charge in [0.1, 0.15) is 12.4 Å². The highest BCUT2D eigenvalue weighted by atomic mass is 16.5. The van der Waals surface area contributed by atoms with Crippen LogP contribution in [0.4, 0.5) is 0 Å². The van der Waals surface area contributed by atoms with Gasteiger partial charge in [-0.2, -0.15) is 5.10 Å². The molecule has 4 aromatic rings. The Morgan fingerprint density at radius 2 is 1.79 bits per heavy atom. The first-order valence-electron chi connectivity index (χ1n) is 10.6. The maximum atomic E-state index is 13.0. The summed E-state index contributed by atoms with van der Waals surface area (Å²) >= 11 is 0. The van der Waals surface area contributed by atoms with Gasteiger partial charge in [-0.25, -0.2) is 4.68 Å². The average molecular weight is 441 g/mol. The van der Waals surface area contributed by atoms with Crippen LogP contribution >= 0.6 is 0 Å². The number of ether oxygens (including phenoxy) is 1. The molecule has 0 aliphatic heterocycles. The highest BCUT2D eigenvalue weighted by molar-refractivity contribution is 6.03. The van der Waals surface area contributed by atoms with Crippen molar-refractivity contribution in [1.29, 1.82) is 0 Å². The van der Waals surface area contributed by atoms with Gasteiger partial charge in [-0.05, 0) is 18.2 Å². The molecule has 2 aromatic carbocycles. The summed E-state index contributed by atoms with van der Waals surface area (Å²) in [6.45, 7) is 0.613. The van der Waals surface area contributed by atoms with E-state index in [-0.39, 0.29) is 12.6 Å². The van der Waals surface area contributed by atoms with Gasteiger partial charge in [0.2, 0.25) is 0 Å². The Morgan fingerprint density at radius 1 is 1.03 bits per heavy atom. The van der Waals surface area contributed by atoms with Gasteiger partial charge in [0.25, 0.3) is 5.91 Å². The van der Waals surface area contributed by atoms with Gasteiger partial charge in [-0.15, -0.1) is 0 Å². The summed E-state index contributed by atoms with van der Waals surface area (Å²) < 4.78 is 6.95. The van der Waals surface area contributed by atoms with Crippen LogP contribution in [0.1, 0.15) is 26.4 Å². The SMILES string of the molecule is COCn1nc(-c2ccccc2C(=O)NCCc2ccccn2)c(C=O)c1-c1ccccc1. The summed E-state index contributed by atoms with van der Waals surface area (Å²) in [5.74, 6) is -0.235. The Bertz CT molecular complexity index is 1240. The first kappa shape index (κ1) is 22.1. The van der Waals surface area contributed by atoms with E-state index in [2.05, 4.69) is 15.4 Å². The van der Waals surface area contributed by atoms with Crippen molar-refractivity contribution in [2.45, 2.75) is 13.2 Å². The Morgan fingerprint density at radius 3 is 2.52 bits per heavy atom. The molecular formula is C26H24N4O3.